The molecule has 3 rings (SSSR count). The zero-order valence-corrected chi connectivity index (χ0v) is 13.4. The number of carbonyl (C=O) groups is 2. The lowest BCUT2D eigenvalue weighted by atomic mass is 9.98. The quantitative estimate of drug-likeness (QED) is 0.837. The number of rotatable bonds is 5. The van der Waals surface area contributed by atoms with Crippen molar-refractivity contribution in [1.82, 2.24) is 5.01 Å². The smallest absolute Gasteiger partial charge is 0.243 e. The van der Waals surface area contributed by atoms with E-state index in [1.54, 1.807) is 12.1 Å². The van der Waals surface area contributed by atoms with Crippen LogP contribution in [0.25, 0.3) is 0 Å². The van der Waals surface area contributed by atoms with Gasteiger partial charge in [0.2, 0.25) is 5.91 Å². The predicted molar refractivity (Wildman–Crippen MR) is 87.8 cm³/mol. The largest absolute Gasteiger partial charge is 0.550 e. The Labute approximate surface area is 144 Å². The van der Waals surface area contributed by atoms with E-state index >= 15 is 0 Å². The third kappa shape index (κ3) is 3.91. The number of carboxylic acid groups (broad SMARTS) is 1. The van der Waals surface area contributed by atoms with Gasteiger partial charge in [-0.25, -0.2) is 9.40 Å². The number of nitrogens with zero attached hydrogens (tertiary/aromatic N) is 2. The van der Waals surface area contributed by atoms with Crippen molar-refractivity contribution in [2.75, 3.05) is 0 Å². The van der Waals surface area contributed by atoms with Crippen molar-refractivity contribution in [2.45, 2.75) is 25.3 Å². The highest BCUT2D eigenvalue weighted by atomic mass is 19.1. The summed E-state index contributed by atoms with van der Waals surface area (Å²) in [5.41, 5.74) is 2.37. The van der Waals surface area contributed by atoms with Crippen molar-refractivity contribution < 1.29 is 19.1 Å². The van der Waals surface area contributed by atoms with Gasteiger partial charge in [0, 0.05) is 18.8 Å². The fourth-order valence-corrected chi connectivity index (χ4v) is 2.81. The second-order valence-electron chi connectivity index (χ2n) is 5.79. The summed E-state index contributed by atoms with van der Waals surface area (Å²) in [7, 11) is 0. The van der Waals surface area contributed by atoms with Crippen LogP contribution in [0.15, 0.2) is 59.7 Å². The fourth-order valence-electron chi connectivity index (χ4n) is 2.81. The van der Waals surface area contributed by atoms with Gasteiger partial charge >= 0.3 is 0 Å². The van der Waals surface area contributed by atoms with Gasteiger partial charge in [-0.2, -0.15) is 5.10 Å². The summed E-state index contributed by atoms with van der Waals surface area (Å²) in [6, 6.07) is 15.0. The highest BCUT2D eigenvalue weighted by molar-refractivity contribution is 6.03. The lowest BCUT2D eigenvalue weighted by Crippen LogP contribution is -2.29. The molecule has 0 saturated carbocycles. The molecule has 2 aromatic rings. The zero-order chi connectivity index (χ0) is 17.8. The standard InChI is InChI=1S/C19H17FN2O3/c20-15-8-6-14(7-9-15)17-12-16(13-4-2-1-3-5-13)21-22(17)18(23)10-11-19(24)25/h1-9,17H,10-12H2,(H,24,25)/p-1/t17-/m0/s1. The van der Waals surface area contributed by atoms with E-state index in [-0.39, 0.29) is 24.7 Å². The zero-order valence-electron chi connectivity index (χ0n) is 13.4. The number of hydrogen-bond donors (Lipinski definition) is 0. The van der Waals surface area contributed by atoms with E-state index < -0.39 is 11.9 Å². The Hall–Kier alpha value is -3.02. The molecule has 1 atom stereocenters. The number of carboxylic acids is 1. The number of aliphatic carboxylic acids is 1. The molecule has 25 heavy (non-hydrogen) atoms. The molecule has 0 spiro atoms. The summed E-state index contributed by atoms with van der Waals surface area (Å²) >= 11 is 0. The maximum Gasteiger partial charge on any atom is 0.243 e. The molecule has 0 aromatic heterocycles. The third-order valence-corrected chi connectivity index (χ3v) is 4.07. The van der Waals surface area contributed by atoms with Gasteiger partial charge in [-0.3, -0.25) is 4.79 Å². The molecule has 1 aliphatic heterocycles. The predicted octanol–water partition coefficient (Wildman–Crippen LogP) is 2.03. The van der Waals surface area contributed by atoms with Crippen LogP contribution in [0.2, 0.25) is 0 Å². The van der Waals surface area contributed by atoms with Crippen molar-refractivity contribution in [3.8, 4) is 0 Å². The number of amides is 1. The summed E-state index contributed by atoms with van der Waals surface area (Å²) in [5, 5.41) is 16.3. The molecule has 1 aliphatic rings. The van der Waals surface area contributed by atoms with Crippen LogP contribution in [0, 0.1) is 5.82 Å². The van der Waals surface area contributed by atoms with Crippen LogP contribution in [0.1, 0.15) is 36.4 Å². The van der Waals surface area contributed by atoms with E-state index in [1.807, 2.05) is 30.3 Å². The average Bonchev–Trinajstić information content (AvgIpc) is 3.06. The van der Waals surface area contributed by atoms with Gasteiger partial charge in [0.1, 0.15) is 5.82 Å². The Bertz CT molecular complexity index is 803. The number of hydrogen-bond acceptors (Lipinski definition) is 4. The van der Waals surface area contributed by atoms with Crippen LogP contribution in [-0.4, -0.2) is 22.6 Å². The molecule has 0 saturated heterocycles. The number of carbonyl (C=O) groups excluding carboxylic acids is 2. The van der Waals surface area contributed by atoms with E-state index in [4.69, 9.17) is 0 Å². The Balaban J connectivity index is 1.89. The van der Waals surface area contributed by atoms with Crippen molar-refractivity contribution in [1.29, 1.82) is 0 Å². The normalized spacial score (nSPS) is 16.6. The Morgan fingerprint density at radius 1 is 1.08 bits per heavy atom. The van der Waals surface area contributed by atoms with E-state index in [1.165, 1.54) is 17.1 Å². The van der Waals surface area contributed by atoms with Crippen LogP contribution in [0.4, 0.5) is 4.39 Å². The topological polar surface area (TPSA) is 72.8 Å². The van der Waals surface area contributed by atoms with Gasteiger partial charge in [-0.05, 0) is 29.7 Å². The molecule has 0 N–H and O–H groups in total. The first kappa shape index (κ1) is 16.8. The van der Waals surface area contributed by atoms with Gasteiger partial charge in [0.25, 0.3) is 0 Å². The Kier molecular flexibility index (Phi) is 4.88. The van der Waals surface area contributed by atoms with E-state index in [9.17, 15) is 19.1 Å². The Morgan fingerprint density at radius 2 is 1.76 bits per heavy atom. The molecular weight excluding hydrogens is 323 g/mol. The molecule has 128 valence electrons. The molecule has 0 aliphatic carbocycles. The molecule has 2 aromatic carbocycles. The number of benzene rings is 2. The second-order valence-corrected chi connectivity index (χ2v) is 5.79. The summed E-state index contributed by atoms with van der Waals surface area (Å²) < 4.78 is 13.2. The minimum Gasteiger partial charge on any atom is -0.550 e. The van der Waals surface area contributed by atoms with Crippen molar-refractivity contribution in [2.24, 2.45) is 5.10 Å². The van der Waals surface area contributed by atoms with Crippen LogP contribution in [0.5, 0.6) is 0 Å². The molecule has 1 heterocycles. The van der Waals surface area contributed by atoms with Crippen LogP contribution < -0.4 is 5.11 Å². The van der Waals surface area contributed by atoms with Crippen LogP contribution in [0.3, 0.4) is 0 Å². The van der Waals surface area contributed by atoms with E-state index in [0.29, 0.717) is 6.42 Å². The van der Waals surface area contributed by atoms with Crippen molar-refractivity contribution in [3.63, 3.8) is 0 Å². The van der Waals surface area contributed by atoms with E-state index in [0.717, 1.165) is 16.8 Å². The van der Waals surface area contributed by atoms with Crippen LogP contribution in [-0.2, 0) is 9.59 Å². The Morgan fingerprint density at radius 3 is 2.40 bits per heavy atom. The summed E-state index contributed by atoms with van der Waals surface area (Å²) in [6.45, 7) is 0. The number of halogens is 1. The lowest BCUT2D eigenvalue weighted by Gasteiger charge is -2.22. The maximum absolute atomic E-state index is 13.2. The molecular formula is C19H16FN2O3-. The number of hydrazone groups is 1. The first-order valence-corrected chi connectivity index (χ1v) is 7.95. The van der Waals surface area contributed by atoms with Crippen molar-refractivity contribution in [3.05, 3.63) is 71.5 Å². The van der Waals surface area contributed by atoms with Gasteiger partial charge in [0.05, 0.1) is 11.8 Å². The summed E-state index contributed by atoms with van der Waals surface area (Å²) in [5.74, 6) is -2.04. The molecule has 0 radical (unpaired) electrons. The molecule has 5 nitrogen and oxygen atoms in total. The van der Waals surface area contributed by atoms with Gasteiger partial charge < -0.3 is 9.90 Å². The second kappa shape index (κ2) is 7.25. The molecule has 1 amide bonds. The van der Waals surface area contributed by atoms with Crippen LogP contribution >= 0.6 is 0 Å². The molecule has 0 unspecified atom stereocenters. The molecule has 0 fully saturated rings. The summed E-state index contributed by atoms with van der Waals surface area (Å²) in [6.07, 6.45) is -0.0695. The first-order valence-electron chi connectivity index (χ1n) is 7.95. The molecule has 6 heteroatoms. The lowest BCUT2D eigenvalue weighted by molar-refractivity contribution is -0.305. The average molecular weight is 339 g/mol. The molecule has 0 bridgehead atoms. The SMILES string of the molecule is O=C([O-])CCC(=O)N1N=C(c2ccccc2)C[C@H]1c1ccc(F)cc1. The van der Waals surface area contributed by atoms with Gasteiger partial charge in [-0.1, -0.05) is 42.5 Å². The summed E-state index contributed by atoms with van der Waals surface area (Å²) in [4.78, 5) is 23.1. The minimum absolute atomic E-state index is 0.189. The first-order chi connectivity index (χ1) is 12.0. The highest BCUT2D eigenvalue weighted by Gasteiger charge is 2.32. The fraction of sp³-hybridized carbons (Fsp3) is 0.211. The highest BCUT2D eigenvalue weighted by Crippen LogP contribution is 2.33. The van der Waals surface area contributed by atoms with E-state index in [2.05, 4.69) is 5.10 Å². The van der Waals surface area contributed by atoms with Gasteiger partial charge in [-0.15, -0.1) is 0 Å². The van der Waals surface area contributed by atoms with Crippen molar-refractivity contribution >= 4 is 17.6 Å². The monoisotopic (exact) mass is 339 g/mol. The third-order valence-electron chi connectivity index (χ3n) is 4.07. The minimum atomic E-state index is -1.28. The maximum atomic E-state index is 13.2. The van der Waals surface area contributed by atoms with Gasteiger partial charge in [0.15, 0.2) is 0 Å².